The summed E-state index contributed by atoms with van der Waals surface area (Å²) in [5.41, 5.74) is 0. The van der Waals surface area contributed by atoms with Crippen molar-refractivity contribution in [1.29, 1.82) is 5.26 Å². The third-order valence-electron chi connectivity index (χ3n) is 0.306. The van der Waals surface area contributed by atoms with Gasteiger partial charge in [0.25, 0.3) is 0 Å². The van der Waals surface area contributed by atoms with Crippen LogP contribution in [0.15, 0.2) is 11.5 Å². The second-order valence-electron chi connectivity index (χ2n) is 0.735. The lowest BCUT2D eigenvalue weighted by atomic mass is 10.8. The highest BCUT2D eigenvalue weighted by Crippen LogP contribution is 1.96. The normalized spacial score (nSPS) is 9.14. The summed E-state index contributed by atoms with van der Waals surface area (Å²) in [7, 11) is 0. The third kappa shape index (κ3) is 5.87. The number of nitrogens with zero attached hydrogens (tertiary/aromatic N) is 1. The van der Waals surface area contributed by atoms with Crippen LogP contribution in [-0.2, 0) is 0 Å². The molecule has 0 N–H and O–H groups in total. The number of rotatable bonds is 2. The van der Waals surface area contributed by atoms with E-state index in [2.05, 4.69) is 0 Å². The van der Waals surface area contributed by atoms with E-state index in [0.29, 0.717) is 5.88 Å². The monoisotopic (exact) mass is 133 g/mol. The van der Waals surface area contributed by atoms with Crippen molar-refractivity contribution >= 4 is 23.4 Å². The van der Waals surface area contributed by atoms with Crippen LogP contribution in [0, 0.1) is 10.7 Å². The number of hydrogen-bond acceptors (Lipinski definition) is 2. The average molecular weight is 134 g/mol. The molecule has 0 heterocycles. The molecule has 0 fully saturated rings. The van der Waals surface area contributed by atoms with Crippen LogP contribution in [0.4, 0.5) is 0 Å². The van der Waals surface area contributed by atoms with Gasteiger partial charge in [0.1, 0.15) is 5.40 Å². The third-order valence-corrected chi connectivity index (χ3v) is 0.918. The van der Waals surface area contributed by atoms with Gasteiger partial charge in [-0.3, -0.25) is 0 Å². The lowest BCUT2D eigenvalue weighted by molar-refractivity contribution is 1.57. The van der Waals surface area contributed by atoms with Crippen molar-refractivity contribution in [2.75, 3.05) is 5.88 Å². The molecule has 0 unspecified atom stereocenters. The van der Waals surface area contributed by atoms with Gasteiger partial charge in [-0.2, -0.15) is 5.26 Å². The Bertz CT molecular complexity index is 94.4. The first kappa shape index (κ1) is 6.87. The van der Waals surface area contributed by atoms with Gasteiger partial charge in [0, 0.05) is 5.88 Å². The van der Waals surface area contributed by atoms with E-state index in [4.69, 9.17) is 16.9 Å². The zero-order chi connectivity index (χ0) is 5.54. The van der Waals surface area contributed by atoms with E-state index < -0.39 is 0 Å². The fraction of sp³-hybridized carbons (Fsp3) is 0.250. The quantitative estimate of drug-likeness (QED) is 0.425. The summed E-state index contributed by atoms with van der Waals surface area (Å²) in [6, 6.07) is 0. The average Bonchev–Trinajstić information content (AvgIpc) is 1.69. The molecule has 0 aliphatic heterocycles. The zero-order valence-corrected chi connectivity index (χ0v) is 5.17. The van der Waals surface area contributed by atoms with Crippen molar-refractivity contribution in [2.45, 2.75) is 0 Å². The van der Waals surface area contributed by atoms with E-state index >= 15 is 0 Å². The van der Waals surface area contributed by atoms with Gasteiger partial charge in [0.15, 0.2) is 0 Å². The Labute approximate surface area is 52.0 Å². The van der Waals surface area contributed by atoms with Crippen molar-refractivity contribution in [2.24, 2.45) is 0 Å². The number of thiocyanates is 1. The van der Waals surface area contributed by atoms with Crippen molar-refractivity contribution in [3.8, 4) is 5.40 Å². The standard InChI is InChI=1S/C4H4ClNS/c5-2-1-3-7-4-6/h1,3H,2H2/b3-1+. The fourth-order valence-corrected chi connectivity index (χ4v) is 0.563. The van der Waals surface area contributed by atoms with Gasteiger partial charge < -0.3 is 0 Å². The minimum absolute atomic E-state index is 0.481. The van der Waals surface area contributed by atoms with Gasteiger partial charge in [0.2, 0.25) is 0 Å². The van der Waals surface area contributed by atoms with Crippen LogP contribution >= 0.6 is 23.4 Å². The summed E-state index contributed by atoms with van der Waals surface area (Å²) < 4.78 is 0. The minimum atomic E-state index is 0.481. The number of alkyl halides is 1. The van der Waals surface area contributed by atoms with Gasteiger partial charge in [-0.25, -0.2) is 0 Å². The fourth-order valence-electron chi connectivity index (χ4n) is 0.115. The topological polar surface area (TPSA) is 23.8 Å². The molecule has 0 aliphatic carbocycles. The predicted molar refractivity (Wildman–Crippen MR) is 33.1 cm³/mol. The molecule has 1 nitrogen and oxygen atoms in total. The van der Waals surface area contributed by atoms with Gasteiger partial charge in [-0.15, -0.1) is 11.6 Å². The molecule has 0 saturated heterocycles. The number of thioether (sulfide) groups is 1. The second kappa shape index (κ2) is 5.87. The molecule has 0 saturated carbocycles. The number of halogens is 1. The van der Waals surface area contributed by atoms with Crippen LogP contribution in [0.25, 0.3) is 0 Å². The SMILES string of the molecule is N#CS/C=C/CCl. The van der Waals surface area contributed by atoms with Crippen LogP contribution in [0.1, 0.15) is 0 Å². The Hall–Kier alpha value is -0.130. The highest BCUT2D eigenvalue weighted by Gasteiger charge is 1.67. The maximum Gasteiger partial charge on any atom is 0.137 e. The van der Waals surface area contributed by atoms with Gasteiger partial charge >= 0.3 is 0 Å². The Morgan fingerprint density at radius 3 is 3.00 bits per heavy atom. The van der Waals surface area contributed by atoms with Crippen molar-refractivity contribution in [3.63, 3.8) is 0 Å². The number of nitriles is 1. The van der Waals surface area contributed by atoms with Gasteiger partial charge in [0.05, 0.1) is 0 Å². The van der Waals surface area contributed by atoms with Gasteiger partial charge in [-0.05, 0) is 17.2 Å². The molecule has 0 atom stereocenters. The lowest BCUT2D eigenvalue weighted by Gasteiger charge is -1.69. The van der Waals surface area contributed by atoms with Crippen LogP contribution in [0.2, 0.25) is 0 Å². The van der Waals surface area contributed by atoms with E-state index in [0.717, 1.165) is 11.8 Å². The maximum atomic E-state index is 7.91. The van der Waals surface area contributed by atoms with E-state index in [1.165, 1.54) is 0 Å². The molecule has 0 radical (unpaired) electrons. The molecule has 0 rings (SSSR count). The lowest BCUT2D eigenvalue weighted by Crippen LogP contribution is -1.52. The highest BCUT2D eigenvalue weighted by molar-refractivity contribution is 8.06. The summed E-state index contributed by atoms with van der Waals surface area (Å²) >= 11 is 6.30. The van der Waals surface area contributed by atoms with Gasteiger partial charge in [-0.1, -0.05) is 6.08 Å². The molecule has 3 heteroatoms. The van der Waals surface area contributed by atoms with E-state index in [1.807, 2.05) is 5.40 Å². The van der Waals surface area contributed by atoms with E-state index in [9.17, 15) is 0 Å². The highest BCUT2D eigenvalue weighted by atomic mass is 35.5. The summed E-state index contributed by atoms with van der Waals surface area (Å²) in [5, 5.41) is 11.4. The number of hydrogen-bond donors (Lipinski definition) is 0. The molecule has 0 bridgehead atoms. The molecule has 0 aromatic rings. The molecular weight excluding hydrogens is 130 g/mol. The Kier molecular flexibility index (Phi) is 5.76. The van der Waals surface area contributed by atoms with E-state index in [1.54, 1.807) is 11.5 Å². The molecule has 0 aromatic heterocycles. The first-order chi connectivity index (χ1) is 3.41. The largest absolute Gasteiger partial charge is 0.185 e. The molecule has 38 valence electrons. The first-order valence-corrected chi connectivity index (χ1v) is 3.09. The Morgan fingerprint density at radius 1 is 1.86 bits per heavy atom. The predicted octanol–water partition coefficient (Wildman–Crippen LogP) is 1.95. The smallest absolute Gasteiger partial charge is 0.137 e. The zero-order valence-electron chi connectivity index (χ0n) is 3.60. The summed E-state index contributed by atoms with van der Waals surface area (Å²) in [6.45, 7) is 0. The number of allylic oxidation sites excluding steroid dienone is 1. The molecule has 0 amide bonds. The van der Waals surface area contributed by atoms with Crippen LogP contribution in [0.5, 0.6) is 0 Å². The molecule has 0 aromatic carbocycles. The van der Waals surface area contributed by atoms with E-state index in [-0.39, 0.29) is 0 Å². The molecular formula is C4H4ClNS. The van der Waals surface area contributed by atoms with Crippen LogP contribution in [-0.4, -0.2) is 5.88 Å². The van der Waals surface area contributed by atoms with Crippen molar-refractivity contribution in [1.82, 2.24) is 0 Å². The van der Waals surface area contributed by atoms with Crippen LogP contribution < -0.4 is 0 Å². The molecule has 7 heavy (non-hydrogen) atoms. The first-order valence-electron chi connectivity index (χ1n) is 1.67. The summed E-state index contributed by atoms with van der Waals surface area (Å²) in [4.78, 5) is 0. The maximum absolute atomic E-state index is 7.91. The van der Waals surface area contributed by atoms with Crippen molar-refractivity contribution < 1.29 is 0 Å². The Morgan fingerprint density at radius 2 is 2.57 bits per heavy atom. The summed E-state index contributed by atoms with van der Waals surface area (Å²) in [5.74, 6) is 0.481. The Balaban J connectivity index is 2.97. The second-order valence-corrected chi connectivity index (χ2v) is 1.73. The summed E-state index contributed by atoms with van der Waals surface area (Å²) in [6.07, 6.45) is 1.72. The minimum Gasteiger partial charge on any atom is -0.185 e. The molecule has 0 spiro atoms. The van der Waals surface area contributed by atoms with Crippen molar-refractivity contribution in [3.05, 3.63) is 11.5 Å². The molecule has 0 aliphatic rings. The van der Waals surface area contributed by atoms with Crippen LogP contribution in [0.3, 0.4) is 0 Å².